The molecule has 0 aliphatic heterocycles. The van der Waals surface area contributed by atoms with Crippen molar-refractivity contribution in [2.75, 3.05) is 7.11 Å². The standard InChI is InChI=1S/C11H13NO4/c1-5-8(7(3)13)6(2)12-10(14)9(5)11(15)16-4/h1-4H3,(H,12,14). The van der Waals surface area contributed by atoms with Crippen molar-refractivity contribution in [1.29, 1.82) is 0 Å². The molecule has 0 radical (unpaired) electrons. The monoisotopic (exact) mass is 223 g/mol. The van der Waals surface area contributed by atoms with Gasteiger partial charge < -0.3 is 9.72 Å². The summed E-state index contributed by atoms with van der Waals surface area (Å²) in [6.07, 6.45) is 0. The van der Waals surface area contributed by atoms with Gasteiger partial charge in [0.2, 0.25) is 0 Å². The maximum absolute atomic E-state index is 11.6. The molecule has 0 saturated heterocycles. The van der Waals surface area contributed by atoms with E-state index in [1.54, 1.807) is 13.8 Å². The van der Waals surface area contributed by atoms with E-state index in [4.69, 9.17) is 0 Å². The van der Waals surface area contributed by atoms with Gasteiger partial charge in [-0.1, -0.05) is 0 Å². The Bertz CT molecular complexity index is 513. The lowest BCUT2D eigenvalue weighted by Crippen LogP contribution is -2.24. The molecule has 0 unspecified atom stereocenters. The Labute approximate surface area is 92.4 Å². The number of esters is 1. The summed E-state index contributed by atoms with van der Waals surface area (Å²) < 4.78 is 4.50. The van der Waals surface area contributed by atoms with Gasteiger partial charge in [0.25, 0.3) is 5.56 Å². The van der Waals surface area contributed by atoms with Gasteiger partial charge in [0, 0.05) is 11.3 Å². The minimum Gasteiger partial charge on any atom is -0.465 e. The Morgan fingerprint density at radius 3 is 2.19 bits per heavy atom. The number of carbonyl (C=O) groups excluding carboxylic acids is 2. The van der Waals surface area contributed by atoms with Crippen LogP contribution in [0, 0.1) is 13.8 Å². The number of carbonyl (C=O) groups is 2. The summed E-state index contributed by atoms with van der Waals surface area (Å²) in [5.74, 6) is -0.933. The third kappa shape index (κ3) is 1.88. The number of hydrogen-bond donors (Lipinski definition) is 1. The van der Waals surface area contributed by atoms with Crippen molar-refractivity contribution in [3.8, 4) is 0 Å². The highest BCUT2D eigenvalue weighted by Crippen LogP contribution is 2.14. The smallest absolute Gasteiger partial charge is 0.343 e. The van der Waals surface area contributed by atoms with Crippen LogP contribution < -0.4 is 5.56 Å². The van der Waals surface area contributed by atoms with Crippen molar-refractivity contribution in [2.45, 2.75) is 20.8 Å². The number of rotatable bonds is 2. The minimum absolute atomic E-state index is 0.113. The van der Waals surface area contributed by atoms with Crippen molar-refractivity contribution in [2.24, 2.45) is 0 Å². The van der Waals surface area contributed by atoms with Gasteiger partial charge in [-0.2, -0.15) is 0 Å². The van der Waals surface area contributed by atoms with Crippen molar-refractivity contribution >= 4 is 11.8 Å². The van der Waals surface area contributed by atoms with E-state index in [-0.39, 0.29) is 11.3 Å². The number of aromatic amines is 1. The van der Waals surface area contributed by atoms with E-state index in [1.807, 2.05) is 0 Å². The predicted molar refractivity (Wildman–Crippen MR) is 57.9 cm³/mol. The summed E-state index contributed by atoms with van der Waals surface area (Å²) in [5, 5.41) is 0. The van der Waals surface area contributed by atoms with E-state index in [0.29, 0.717) is 16.8 Å². The molecular weight excluding hydrogens is 210 g/mol. The number of aryl methyl sites for hydroxylation is 1. The topological polar surface area (TPSA) is 76.2 Å². The lowest BCUT2D eigenvalue weighted by Gasteiger charge is -2.09. The van der Waals surface area contributed by atoms with Crippen LogP contribution in [0.2, 0.25) is 0 Å². The molecule has 0 spiro atoms. The summed E-state index contributed by atoms with van der Waals surface area (Å²) in [5.41, 5.74) is 0.536. The van der Waals surface area contributed by atoms with E-state index in [1.165, 1.54) is 14.0 Å². The van der Waals surface area contributed by atoms with Crippen molar-refractivity contribution in [3.63, 3.8) is 0 Å². The first-order chi connectivity index (χ1) is 7.40. The van der Waals surface area contributed by atoms with Gasteiger partial charge in [-0.05, 0) is 26.3 Å². The van der Waals surface area contributed by atoms with Crippen LogP contribution in [-0.2, 0) is 4.74 Å². The largest absolute Gasteiger partial charge is 0.465 e. The molecule has 5 heteroatoms. The number of pyridine rings is 1. The summed E-state index contributed by atoms with van der Waals surface area (Å²) in [4.78, 5) is 36.8. The molecule has 86 valence electrons. The van der Waals surface area contributed by atoms with Crippen LogP contribution in [0.3, 0.4) is 0 Å². The van der Waals surface area contributed by atoms with Crippen LogP contribution in [0.5, 0.6) is 0 Å². The fraction of sp³-hybridized carbons (Fsp3) is 0.364. The highest BCUT2D eigenvalue weighted by atomic mass is 16.5. The van der Waals surface area contributed by atoms with Gasteiger partial charge >= 0.3 is 5.97 Å². The number of nitrogens with one attached hydrogen (secondary N) is 1. The first-order valence-corrected chi connectivity index (χ1v) is 4.72. The molecular formula is C11H13NO4. The second-order valence-corrected chi connectivity index (χ2v) is 3.50. The third-order valence-corrected chi connectivity index (χ3v) is 2.39. The molecule has 16 heavy (non-hydrogen) atoms. The first kappa shape index (κ1) is 12.2. The molecule has 0 aromatic carbocycles. The Morgan fingerprint density at radius 1 is 1.19 bits per heavy atom. The Morgan fingerprint density at radius 2 is 1.75 bits per heavy atom. The molecule has 5 nitrogen and oxygen atoms in total. The number of ether oxygens (including phenoxy) is 1. The summed E-state index contributed by atoms with van der Waals surface area (Å²) in [6.45, 7) is 4.56. The number of H-pyrrole nitrogens is 1. The van der Waals surface area contributed by atoms with Gasteiger partial charge in [-0.15, -0.1) is 0 Å². The Hall–Kier alpha value is -1.91. The zero-order valence-corrected chi connectivity index (χ0v) is 9.63. The van der Waals surface area contributed by atoms with Crippen LogP contribution in [0.15, 0.2) is 4.79 Å². The van der Waals surface area contributed by atoms with E-state index in [2.05, 4.69) is 9.72 Å². The van der Waals surface area contributed by atoms with Gasteiger partial charge in [-0.25, -0.2) is 4.79 Å². The maximum Gasteiger partial charge on any atom is 0.343 e. The predicted octanol–water partition coefficient (Wildman–Crippen LogP) is 0.981. The summed E-state index contributed by atoms with van der Waals surface area (Å²) in [6, 6.07) is 0. The van der Waals surface area contributed by atoms with Gasteiger partial charge in [0.15, 0.2) is 5.78 Å². The van der Waals surface area contributed by atoms with E-state index in [9.17, 15) is 14.4 Å². The number of methoxy groups -OCH3 is 1. The average molecular weight is 223 g/mol. The van der Waals surface area contributed by atoms with E-state index >= 15 is 0 Å². The second-order valence-electron chi connectivity index (χ2n) is 3.50. The van der Waals surface area contributed by atoms with E-state index in [0.717, 1.165) is 0 Å². The second kappa shape index (κ2) is 4.30. The van der Waals surface area contributed by atoms with Crippen LogP contribution in [-0.4, -0.2) is 23.8 Å². The van der Waals surface area contributed by atoms with Crippen LogP contribution in [0.4, 0.5) is 0 Å². The number of aromatic nitrogens is 1. The Kier molecular flexibility index (Phi) is 3.27. The van der Waals surface area contributed by atoms with Crippen LogP contribution >= 0.6 is 0 Å². The maximum atomic E-state index is 11.6. The number of ketones is 1. The molecule has 1 N–H and O–H groups in total. The molecule has 1 heterocycles. The van der Waals surface area contributed by atoms with Crippen molar-refractivity contribution < 1.29 is 14.3 Å². The molecule has 0 saturated carbocycles. The molecule has 0 bridgehead atoms. The molecule has 1 aromatic rings. The lowest BCUT2D eigenvalue weighted by molar-refractivity contribution is 0.0598. The molecule has 1 rings (SSSR count). The molecule has 0 atom stereocenters. The number of Topliss-reactive ketones (excluding diaryl/α,β-unsaturated/α-hetero) is 1. The quantitative estimate of drug-likeness (QED) is 0.599. The van der Waals surface area contributed by atoms with Gasteiger partial charge in [-0.3, -0.25) is 9.59 Å². The van der Waals surface area contributed by atoms with Crippen LogP contribution in [0.25, 0.3) is 0 Å². The summed E-state index contributed by atoms with van der Waals surface area (Å²) >= 11 is 0. The molecule has 0 amide bonds. The number of hydrogen-bond acceptors (Lipinski definition) is 4. The fourth-order valence-electron chi connectivity index (χ4n) is 1.75. The lowest BCUT2D eigenvalue weighted by atomic mass is 10.00. The van der Waals surface area contributed by atoms with Gasteiger partial charge in [0.05, 0.1) is 7.11 Å². The summed E-state index contributed by atoms with van der Waals surface area (Å²) in [7, 11) is 1.19. The fourth-order valence-corrected chi connectivity index (χ4v) is 1.75. The van der Waals surface area contributed by atoms with Crippen molar-refractivity contribution in [1.82, 2.24) is 4.98 Å². The van der Waals surface area contributed by atoms with E-state index < -0.39 is 11.5 Å². The normalized spacial score (nSPS) is 10.0. The average Bonchev–Trinajstić information content (AvgIpc) is 2.15. The third-order valence-electron chi connectivity index (χ3n) is 2.39. The zero-order valence-electron chi connectivity index (χ0n) is 9.63. The highest BCUT2D eigenvalue weighted by molar-refractivity contribution is 6.00. The molecule has 0 aliphatic rings. The zero-order chi connectivity index (χ0) is 12.5. The Balaban J connectivity index is 3.64. The molecule has 0 fully saturated rings. The molecule has 0 aliphatic carbocycles. The van der Waals surface area contributed by atoms with Crippen LogP contribution in [0.1, 0.15) is 38.9 Å². The van der Waals surface area contributed by atoms with Gasteiger partial charge in [0.1, 0.15) is 5.56 Å². The molecule has 1 aromatic heterocycles. The highest BCUT2D eigenvalue weighted by Gasteiger charge is 2.20. The van der Waals surface area contributed by atoms with Crippen molar-refractivity contribution in [3.05, 3.63) is 32.7 Å². The SMILES string of the molecule is COC(=O)c1c(C)c(C(C)=O)c(C)[nH]c1=O. The minimum atomic E-state index is -0.735. The first-order valence-electron chi connectivity index (χ1n) is 4.72.